The molecule has 4 heteroatoms. The maximum Gasteiger partial charge on any atom is 0.222 e. The van der Waals surface area contributed by atoms with E-state index in [1.807, 2.05) is 31.2 Å². The molecule has 104 valence electrons. The van der Waals surface area contributed by atoms with Crippen molar-refractivity contribution in [2.75, 3.05) is 0 Å². The molecule has 0 aliphatic heterocycles. The molecule has 0 bridgehead atoms. The fraction of sp³-hybridized carbons (Fsp3) is 0.533. The molecule has 3 N–H and O–H groups in total. The molecule has 3 nitrogen and oxygen atoms in total. The fourth-order valence-corrected chi connectivity index (χ4v) is 2.72. The Morgan fingerprint density at radius 1 is 1.53 bits per heavy atom. The summed E-state index contributed by atoms with van der Waals surface area (Å²) in [6.45, 7) is 2.05. The lowest BCUT2D eigenvalue weighted by molar-refractivity contribution is -0.123. The summed E-state index contributed by atoms with van der Waals surface area (Å²) in [6, 6.07) is 7.64. The Labute approximate surface area is 119 Å². The van der Waals surface area contributed by atoms with Crippen LogP contribution in [0.25, 0.3) is 0 Å². The second-order valence-corrected chi connectivity index (χ2v) is 5.91. The molecule has 1 atom stereocenters. The molecule has 1 amide bonds. The van der Waals surface area contributed by atoms with Gasteiger partial charge in [-0.1, -0.05) is 30.7 Å². The summed E-state index contributed by atoms with van der Waals surface area (Å²) in [5.41, 5.74) is 6.88. The summed E-state index contributed by atoms with van der Waals surface area (Å²) in [5, 5.41) is 3.75. The van der Waals surface area contributed by atoms with Crippen LogP contribution in [0.15, 0.2) is 24.3 Å². The lowest BCUT2D eigenvalue weighted by Crippen LogP contribution is -2.50. The highest BCUT2D eigenvalue weighted by molar-refractivity contribution is 6.30. The predicted molar refractivity (Wildman–Crippen MR) is 78.0 cm³/mol. The number of amides is 1. The zero-order valence-corrected chi connectivity index (χ0v) is 12.0. The third-order valence-electron chi connectivity index (χ3n) is 3.86. The minimum Gasteiger partial charge on any atom is -0.349 e. The quantitative estimate of drug-likeness (QED) is 0.870. The smallest absolute Gasteiger partial charge is 0.222 e. The van der Waals surface area contributed by atoms with Crippen LogP contribution in [-0.2, 0) is 4.79 Å². The summed E-state index contributed by atoms with van der Waals surface area (Å²) < 4.78 is 0. The van der Waals surface area contributed by atoms with Crippen molar-refractivity contribution in [1.82, 2.24) is 5.32 Å². The highest BCUT2D eigenvalue weighted by Crippen LogP contribution is 2.32. The molecule has 2 rings (SSSR count). The van der Waals surface area contributed by atoms with Crippen molar-refractivity contribution < 1.29 is 4.79 Å². The van der Waals surface area contributed by atoms with Gasteiger partial charge in [0.25, 0.3) is 0 Å². The van der Waals surface area contributed by atoms with E-state index in [9.17, 15) is 4.79 Å². The van der Waals surface area contributed by atoms with Crippen molar-refractivity contribution >= 4 is 17.5 Å². The third-order valence-corrected chi connectivity index (χ3v) is 4.09. The van der Waals surface area contributed by atoms with Crippen molar-refractivity contribution in [3.8, 4) is 0 Å². The zero-order chi connectivity index (χ0) is 13.9. The van der Waals surface area contributed by atoms with Gasteiger partial charge in [-0.15, -0.1) is 0 Å². The number of benzene rings is 1. The van der Waals surface area contributed by atoms with E-state index < -0.39 is 0 Å². The number of nitrogens with one attached hydrogen (secondary N) is 1. The van der Waals surface area contributed by atoms with Crippen LogP contribution in [0.1, 0.15) is 50.6 Å². The van der Waals surface area contributed by atoms with E-state index in [4.69, 9.17) is 17.3 Å². The van der Waals surface area contributed by atoms with Crippen LogP contribution in [0.3, 0.4) is 0 Å². The standard InChI is InChI=1S/C15H21ClN2O/c1-2-13(11-5-3-6-12(16)9-11)18-14(19)10-15(17)7-4-8-15/h3,5-6,9,13H,2,4,7-8,10,17H2,1H3,(H,18,19). The van der Waals surface area contributed by atoms with Crippen LogP contribution in [0.2, 0.25) is 5.02 Å². The third kappa shape index (κ3) is 3.71. The topological polar surface area (TPSA) is 55.1 Å². The molecule has 1 aromatic rings. The van der Waals surface area contributed by atoms with Gasteiger partial charge in [0.1, 0.15) is 0 Å². The first-order valence-corrected chi connectivity index (χ1v) is 7.24. The van der Waals surface area contributed by atoms with E-state index in [0.29, 0.717) is 11.4 Å². The number of halogens is 1. The molecule has 0 radical (unpaired) electrons. The summed E-state index contributed by atoms with van der Waals surface area (Å²) in [4.78, 5) is 12.1. The van der Waals surface area contributed by atoms with Gasteiger partial charge in [-0.3, -0.25) is 4.79 Å². The van der Waals surface area contributed by atoms with Crippen LogP contribution >= 0.6 is 11.6 Å². The van der Waals surface area contributed by atoms with Crippen LogP contribution in [0.4, 0.5) is 0 Å². The summed E-state index contributed by atoms with van der Waals surface area (Å²) in [7, 11) is 0. The predicted octanol–water partition coefficient (Wildman–Crippen LogP) is 3.18. The molecule has 1 aliphatic carbocycles. The number of carbonyl (C=O) groups excluding carboxylic acids is 1. The van der Waals surface area contributed by atoms with Gasteiger partial charge in [0, 0.05) is 17.0 Å². The van der Waals surface area contributed by atoms with Crippen molar-refractivity contribution in [3.05, 3.63) is 34.9 Å². The minimum absolute atomic E-state index is 0.00914. The SMILES string of the molecule is CCC(NC(=O)CC1(N)CCC1)c1cccc(Cl)c1. The molecule has 1 aromatic carbocycles. The molecule has 1 fully saturated rings. The Balaban J connectivity index is 1.97. The average molecular weight is 281 g/mol. The molecular formula is C15H21ClN2O. The van der Waals surface area contributed by atoms with E-state index in [-0.39, 0.29) is 17.5 Å². The van der Waals surface area contributed by atoms with Gasteiger partial charge in [0.2, 0.25) is 5.91 Å². The Morgan fingerprint density at radius 2 is 2.26 bits per heavy atom. The van der Waals surface area contributed by atoms with Gasteiger partial charge >= 0.3 is 0 Å². The van der Waals surface area contributed by atoms with Crippen molar-refractivity contribution in [2.24, 2.45) is 5.73 Å². The Kier molecular flexibility index (Phi) is 4.48. The van der Waals surface area contributed by atoms with Crippen LogP contribution in [0, 0.1) is 0 Å². The number of nitrogens with two attached hydrogens (primary N) is 1. The Hall–Kier alpha value is -1.06. The normalized spacial score (nSPS) is 18.5. The van der Waals surface area contributed by atoms with Crippen molar-refractivity contribution in [3.63, 3.8) is 0 Å². The Bertz CT molecular complexity index is 457. The second kappa shape index (κ2) is 5.93. The summed E-state index contributed by atoms with van der Waals surface area (Å²) >= 11 is 5.99. The van der Waals surface area contributed by atoms with E-state index in [1.54, 1.807) is 0 Å². The van der Waals surface area contributed by atoms with Gasteiger partial charge in [0.05, 0.1) is 6.04 Å². The molecule has 0 saturated heterocycles. The van der Waals surface area contributed by atoms with Crippen LogP contribution < -0.4 is 11.1 Å². The van der Waals surface area contributed by atoms with Gasteiger partial charge < -0.3 is 11.1 Å². The molecule has 1 saturated carbocycles. The van der Waals surface area contributed by atoms with E-state index in [2.05, 4.69) is 5.32 Å². The highest BCUT2D eigenvalue weighted by atomic mass is 35.5. The number of hydrogen-bond donors (Lipinski definition) is 2. The zero-order valence-electron chi connectivity index (χ0n) is 11.3. The molecule has 19 heavy (non-hydrogen) atoms. The molecule has 0 spiro atoms. The molecule has 0 aromatic heterocycles. The first kappa shape index (κ1) is 14.4. The van der Waals surface area contributed by atoms with E-state index >= 15 is 0 Å². The number of hydrogen-bond acceptors (Lipinski definition) is 2. The monoisotopic (exact) mass is 280 g/mol. The molecule has 0 heterocycles. The van der Waals surface area contributed by atoms with Crippen molar-refractivity contribution in [1.29, 1.82) is 0 Å². The van der Waals surface area contributed by atoms with Crippen LogP contribution in [-0.4, -0.2) is 11.4 Å². The fourth-order valence-electron chi connectivity index (χ4n) is 2.52. The van der Waals surface area contributed by atoms with E-state index in [0.717, 1.165) is 31.2 Å². The molecule has 1 unspecified atom stereocenters. The summed E-state index contributed by atoms with van der Waals surface area (Å²) in [6.07, 6.45) is 4.30. The maximum atomic E-state index is 12.1. The highest BCUT2D eigenvalue weighted by Gasteiger charge is 2.34. The molecule has 1 aliphatic rings. The summed E-state index contributed by atoms with van der Waals surface area (Å²) in [5.74, 6) is 0.0361. The van der Waals surface area contributed by atoms with E-state index in [1.165, 1.54) is 0 Å². The van der Waals surface area contributed by atoms with Crippen LogP contribution in [0.5, 0.6) is 0 Å². The first-order chi connectivity index (χ1) is 9.02. The largest absolute Gasteiger partial charge is 0.349 e. The number of rotatable bonds is 5. The first-order valence-electron chi connectivity index (χ1n) is 6.86. The maximum absolute atomic E-state index is 12.1. The Morgan fingerprint density at radius 3 is 2.79 bits per heavy atom. The average Bonchev–Trinajstić information content (AvgIpc) is 2.34. The minimum atomic E-state index is -0.267. The molecular weight excluding hydrogens is 260 g/mol. The van der Waals surface area contributed by atoms with Gasteiger partial charge in [-0.25, -0.2) is 0 Å². The lowest BCUT2D eigenvalue weighted by atomic mass is 9.75. The van der Waals surface area contributed by atoms with Gasteiger partial charge in [-0.05, 0) is 43.4 Å². The lowest BCUT2D eigenvalue weighted by Gasteiger charge is -2.37. The second-order valence-electron chi connectivity index (χ2n) is 5.48. The number of carbonyl (C=O) groups is 1. The van der Waals surface area contributed by atoms with Gasteiger partial charge in [0.15, 0.2) is 0 Å². The van der Waals surface area contributed by atoms with Crippen molar-refractivity contribution in [2.45, 2.75) is 50.6 Å². The van der Waals surface area contributed by atoms with Gasteiger partial charge in [-0.2, -0.15) is 0 Å².